The van der Waals surface area contributed by atoms with Gasteiger partial charge in [0.25, 0.3) is 0 Å². The summed E-state index contributed by atoms with van der Waals surface area (Å²) in [5, 5.41) is 0. The number of carbonyl (C=O) groups excluding carboxylic acids is 3. The molecule has 1 atom stereocenters. The Labute approximate surface area is 433 Å². The van der Waals surface area contributed by atoms with Crippen molar-refractivity contribution in [1.29, 1.82) is 0 Å². The first-order valence-corrected chi connectivity index (χ1v) is 29.6. The minimum atomic E-state index is -0.809. The van der Waals surface area contributed by atoms with Crippen molar-refractivity contribution in [2.45, 2.75) is 290 Å². The van der Waals surface area contributed by atoms with E-state index in [1.54, 1.807) is 0 Å². The molecule has 0 spiro atoms. The largest absolute Gasteiger partial charge is 0.462 e. The molecule has 0 aromatic heterocycles. The van der Waals surface area contributed by atoms with Gasteiger partial charge in [-0.25, -0.2) is 0 Å². The zero-order chi connectivity index (χ0) is 50.7. The summed E-state index contributed by atoms with van der Waals surface area (Å²) < 4.78 is 16.8. The van der Waals surface area contributed by atoms with Crippen LogP contribution in [0, 0.1) is 0 Å². The summed E-state index contributed by atoms with van der Waals surface area (Å²) in [6.45, 7) is 6.47. The fraction of sp³-hybridized carbons (Fsp3) is 0.734. The highest BCUT2D eigenvalue weighted by Crippen LogP contribution is 2.16. The van der Waals surface area contributed by atoms with E-state index < -0.39 is 6.10 Å². The van der Waals surface area contributed by atoms with Gasteiger partial charge < -0.3 is 14.2 Å². The summed E-state index contributed by atoms with van der Waals surface area (Å²) in [6.07, 6.45) is 75.8. The lowest BCUT2D eigenvalue weighted by Gasteiger charge is -2.18. The molecule has 0 rings (SSSR count). The Morgan fingerprint density at radius 2 is 0.571 bits per heavy atom. The number of unbranched alkanes of at least 4 members (excludes halogenated alkanes) is 28. The molecule has 0 N–H and O–H groups in total. The summed E-state index contributed by atoms with van der Waals surface area (Å²) in [4.78, 5) is 38.2. The van der Waals surface area contributed by atoms with Crippen LogP contribution in [0.15, 0.2) is 85.1 Å². The van der Waals surface area contributed by atoms with Gasteiger partial charge in [-0.05, 0) is 89.9 Å². The van der Waals surface area contributed by atoms with Crippen molar-refractivity contribution in [2.24, 2.45) is 0 Å². The second-order valence-corrected chi connectivity index (χ2v) is 19.5. The smallest absolute Gasteiger partial charge is 0.306 e. The van der Waals surface area contributed by atoms with Crippen molar-refractivity contribution < 1.29 is 28.6 Å². The van der Waals surface area contributed by atoms with Crippen molar-refractivity contribution >= 4 is 17.9 Å². The van der Waals surface area contributed by atoms with Crippen LogP contribution in [0.2, 0.25) is 0 Å². The van der Waals surface area contributed by atoms with Crippen LogP contribution < -0.4 is 0 Å². The van der Waals surface area contributed by atoms with Crippen LogP contribution in [0.5, 0.6) is 0 Å². The van der Waals surface area contributed by atoms with Crippen molar-refractivity contribution in [3.05, 3.63) is 85.1 Å². The minimum absolute atomic E-state index is 0.0996. The molecule has 6 heteroatoms. The molecule has 0 radical (unpaired) electrons. The van der Waals surface area contributed by atoms with Crippen LogP contribution in [0.4, 0.5) is 0 Å². The van der Waals surface area contributed by atoms with Gasteiger partial charge in [0.1, 0.15) is 13.2 Å². The van der Waals surface area contributed by atoms with Gasteiger partial charge in [-0.15, -0.1) is 0 Å². The summed E-state index contributed by atoms with van der Waals surface area (Å²) >= 11 is 0. The number of hydrogen-bond donors (Lipinski definition) is 0. The van der Waals surface area contributed by atoms with Crippen LogP contribution in [-0.2, 0) is 28.6 Å². The van der Waals surface area contributed by atoms with Gasteiger partial charge in [-0.3, -0.25) is 14.4 Å². The van der Waals surface area contributed by atoms with Gasteiger partial charge in [0.05, 0.1) is 0 Å². The lowest BCUT2D eigenvalue weighted by Crippen LogP contribution is -2.30. The predicted molar refractivity (Wildman–Crippen MR) is 302 cm³/mol. The lowest BCUT2D eigenvalue weighted by atomic mass is 10.0. The number of carbonyl (C=O) groups is 3. The van der Waals surface area contributed by atoms with Crippen LogP contribution >= 0.6 is 0 Å². The van der Waals surface area contributed by atoms with E-state index in [9.17, 15) is 14.4 Å². The summed E-state index contributed by atoms with van der Waals surface area (Å²) in [5.41, 5.74) is 0. The molecule has 0 aromatic rings. The molecule has 70 heavy (non-hydrogen) atoms. The number of esters is 3. The Balaban J connectivity index is 4.46. The van der Waals surface area contributed by atoms with Crippen molar-refractivity contribution in [3.63, 3.8) is 0 Å². The van der Waals surface area contributed by atoms with Gasteiger partial charge in [-0.1, -0.05) is 260 Å². The van der Waals surface area contributed by atoms with Crippen LogP contribution in [0.25, 0.3) is 0 Å². The van der Waals surface area contributed by atoms with Crippen molar-refractivity contribution in [1.82, 2.24) is 0 Å². The molecule has 0 aliphatic heterocycles. The van der Waals surface area contributed by atoms with Gasteiger partial charge in [0.2, 0.25) is 0 Å². The van der Waals surface area contributed by atoms with Crippen LogP contribution in [0.3, 0.4) is 0 Å². The van der Waals surface area contributed by atoms with Gasteiger partial charge in [0.15, 0.2) is 6.10 Å². The summed E-state index contributed by atoms with van der Waals surface area (Å²) in [5.74, 6) is -0.957. The lowest BCUT2D eigenvalue weighted by molar-refractivity contribution is -0.167. The topological polar surface area (TPSA) is 78.9 Å². The average molecular weight is 976 g/mol. The molecule has 0 saturated heterocycles. The molecule has 0 aliphatic rings. The van der Waals surface area contributed by atoms with E-state index in [1.807, 2.05) is 0 Å². The fourth-order valence-electron chi connectivity index (χ4n) is 8.22. The van der Waals surface area contributed by atoms with Gasteiger partial charge in [0, 0.05) is 19.3 Å². The highest BCUT2D eigenvalue weighted by Gasteiger charge is 2.19. The molecular weight excluding hydrogens is 865 g/mol. The SMILES string of the molecule is CC/C=C/C/C=C/C/C=C/C/C=C/C/C=C/CCCC(=O)O[C@H](COC(=O)CCCCCCCCC/C=C/C/C=C/CCCCC)COC(=O)CCCCCCCCCCCCCCCCCCCC. The van der Waals surface area contributed by atoms with Gasteiger partial charge >= 0.3 is 17.9 Å². The molecule has 0 bridgehead atoms. The highest BCUT2D eigenvalue weighted by molar-refractivity contribution is 5.71. The second-order valence-electron chi connectivity index (χ2n) is 19.5. The Kier molecular flexibility index (Phi) is 55.3. The number of hydrogen-bond acceptors (Lipinski definition) is 6. The molecule has 0 amide bonds. The second kappa shape index (κ2) is 58.2. The standard InChI is InChI=1S/C64H110O6/c1-4-7-10-13-16-19-22-25-28-31-34-36-39-42-45-48-51-54-57-63(66)69-60-61(70-64(67)58-55-52-49-46-43-40-37-33-30-27-24-21-18-15-12-9-6-3)59-68-62(65)56-53-50-47-44-41-38-35-32-29-26-23-20-17-14-11-8-5-2/h9,12,17-18,20-21,26-27,29-30,37,40,46,49,61H,4-8,10-11,13-16,19,22-25,28,31-36,38-39,41-45,47-48,50-60H2,1-3H3/b12-9+,20-17+,21-18+,29-26+,30-27+,40-37+,49-46+/t61-/m1/s1. The van der Waals surface area contributed by atoms with Gasteiger partial charge in [-0.2, -0.15) is 0 Å². The Morgan fingerprint density at radius 3 is 0.943 bits per heavy atom. The third kappa shape index (κ3) is 55.5. The zero-order valence-corrected chi connectivity index (χ0v) is 46.0. The van der Waals surface area contributed by atoms with Crippen molar-refractivity contribution in [2.75, 3.05) is 13.2 Å². The predicted octanol–water partition coefficient (Wildman–Crippen LogP) is 19.9. The third-order valence-electron chi connectivity index (χ3n) is 12.6. The molecule has 0 aliphatic carbocycles. The molecule has 0 saturated carbocycles. The van der Waals surface area contributed by atoms with E-state index in [0.29, 0.717) is 19.3 Å². The molecule has 0 fully saturated rings. The fourth-order valence-corrected chi connectivity index (χ4v) is 8.22. The summed E-state index contributed by atoms with van der Waals surface area (Å²) in [7, 11) is 0. The Morgan fingerprint density at radius 1 is 0.300 bits per heavy atom. The maximum absolute atomic E-state index is 12.8. The normalized spacial score (nSPS) is 12.7. The maximum atomic E-state index is 12.8. The summed E-state index contributed by atoms with van der Waals surface area (Å²) in [6, 6.07) is 0. The van der Waals surface area contributed by atoms with E-state index in [4.69, 9.17) is 14.2 Å². The zero-order valence-electron chi connectivity index (χ0n) is 46.0. The number of ether oxygens (including phenoxy) is 3. The first-order chi connectivity index (χ1) is 34.5. The minimum Gasteiger partial charge on any atom is -0.462 e. The molecule has 0 aromatic carbocycles. The molecule has 0 heterocycles. The van der Waals surface area contributed by atoms with E-state index in [2.05, 4.69) is 106 Å². The van der Waals surface area contributed by atoms with Crippen molar-refractivity contribution in [3.8, 4) is 0 Å². The van der Waals surface area contributed by atoms with E-state index in [1.165, 1.54) is 148 Å². The van der Waals surface area contributed by atoms with Crippen LogP contribution in [0.1, 0.15) is 284 Å². The molecule has 0 unspecified atom stereocenters. The maximum Gasteiger partial charge on any atom is 0.306 e. The van der Waals surface area contributed by atoms with Crippen LogP contribution in [-0.4, -0.2) is 37.2 Å². The first kappa shape index (κ1) is 66.6. The van der Waals surface area contributed by atoms with E-state index in [0.717, 1.165) is 89.9 Å². The highest BCUT2D eigenvalue weighted by atomic mass is 16.6. The molecule has 402 valence electrons. The Hall–Kier alpha value is -3.41. The van der Waals surface area contributed by atoms with E-state index >= 15 is 0 Å². The number of rotatable bonds is 53. The quantitative estimate of drug-likeness (QED) is 0.0261. The Bertz CT molecular complexity index is 1350. The number of allylic oxidation sites excluding steroid dienone is 14. The third-order valence-corrected chi connectivity index (χ3v) is 12.6. The monoisotopic (exact) mass is 975 g/mol. The first-order valence-electron chi connectivity index (χ1n) is 29.6. The average Bonchev–Trinajstić information content (AvgIpc) is 3.36. The molecule has 6 nitrogen and oxygen atoms in total. The van der Waals surface area contributed by atoms with E-state index in [-0.39, 0.29) is 37.5 Å². The molecular formula is C64H110O6.